The van der Waals surface area contributed by atoms with Crippen LogP contribution in [0.4, 0.5) is 0 Å². The smallest absolute Gasteiger partial charge is 0.512 e. The Hall–Kier alpha value is -1.74. The Bertz CT molecular complexity index is 707. The Morgan fingerprint density at radius 3 is 2.21 bits per heavy atom. The van der Waals surface area contributed by atoms with Crippen molar-refractivity contribution in [1.82, 2.24) is 10.2 Å². The lowest BCUT2D eigenvalue weighted by atomic mass is 10.1. The maximum atomic E-state index is 8.81. The Labute approximate surface area is 149 Å². The van der Waals surface area contributed by atoms with Crippen molar-refractivity contribution in [3.63, 3.8) is 0 Å². The molecule has 0 unspecified atom stereocenters. The van der Waals surface area contributed by atoms with E-state index in [2.05, 4.69) is 10.2 Å². The summed E-state index contributed by atoms with van der Waals surface area (Å²) in [7, 11) is -0.469. The maximum Gasteiger partial charge on any atom is 0.707 e. The molecule has 0 saturated carbocycles. The van der Waals surface area contributed by atoms with E-state index in [-0.39, 0.29) is 33.3 Å². The molecule has 2 N–H and O–H groups in total. The van der Waals surface area contributed by atoms with E-state index in [1.807, 2.05) is 13.8 Å². The molecule has 128 valence electrons. The fourth-order valence-electron chi connectivity index (χ4n) is 1.93. The normalized spacial score (nSPS) is 10.7. The molecule has 0 bridgehead atoms. The highest BCUT2D eigenvalue weighted by Crippen LogP contribution is 2.39. The van der Waals surface area contributed by atoms with Gasteiger partial charge in [0.25, 0.3) is 0 Å². The molecule has 0 aliphatic carbocycles. The molecule has 1 aromatic carbocycles. The Kier molecular flexibility index (Phi) is 6.12. The third kappa shape index (κ3) is 4.42. The van der Waals surface area contributed by atoms with Gasteiger partial charge in [0.2, 0.25) is 11.8 Å². The second kappa shape index (κ2) is 7.89. The van der Waals surface area contributed by atoms with Gasteiger partial charge in [-0.25, -0.2) is 0 Å². The Balaban J connectivity index is 2.33. The van der Waals surface area contributed by atoms with E-state index in [1.165, 1.54) is 19.2 Å². The van der Waals surface area contributed by atoms with Crippen LogP contribution in [0.3, 0.4) is 0 Å². The fraction of sp³-hybridized carbons (Fsp3) is 0.286. The van der Waals surface area contributed by atoms with Crippen LogP contribution in [0.5, 0.6) is 23.3 Å². The third-order valence-corrected chi connectivity index (χ3v) is 3.56. The molecule has 1 aromatic heterocycles. The highest BCUT2D eigenvalue weighted by Gasteiger charge is 2.18. The molecule has 2 rings (SSSR count). The van der Waals surface area contributed by atoms with Gasteiger partial charge in [0.1, 0.15) is 5.75 Å². The van der Waals surface area contributed by atoms with Crippen LogP contribution in [0.2, 0.25) is 10.0 Å². The monoisotopic (exact) mass is 372 g/mol. The summed E-state index contributed by atoms with van der Waals surface area (Å²) < 4.78 is 15.5. The topological polar surface area (TPSA) is 93.9 Å². The summed E-state index contributed by atoms with van der Waals surface area (Å²) in [4.78, 5) is 0. The number of methoxy groups -OCH3 is 1. The Morgan fingerprint density at radius 1 is 1.08 bits per heavy atom. The number of hydrogen-bond donors (Lipinski definition) is 2. The van der Waals surface area contributed by atoms with Crippen molar-refractivity contribution in [3.05, 3.63) is 33.8 Å². The molecule has 0 aliphatic rings. The van der Waals surface area contributed by atoms with Crippen molar-refractivity contribution in [2.45, 2.75) is 19.8 Å². The van der Waals surface area contributed by atoms with Crippen LogP contribution in [0.1, 0.15) is 25.3 Å². The standard InChI is InChI=1S/C14H15BCl2N2O5/c1-7(2)9-6-12(18-19-14(9)22-3)23-13-10(16)4-8(5-11(13)17)24-15(20)21/h4-7,20-21H,1-3H3. The van der Waals surface area contributed by atoms with Crippen molar-refractivity contribution >= 4 is 30.5 Å². The van der Waals surface area contributed by atoms with Gasteiger partial charge in [-0.1, -0.05) is 37.0 Å². The Morgan fingerprint density at radius 2 is 1.71 bits per heavy atom. The summed E-state index contributed by atoms with van der Waals surface area (Å²) in [5.41, 5.74) is 0.818. The van der Waals surface area contributed by atoms with Gasteiger partial charge >= 0.3 is 7.32 Å². The van der Waals surface area contributed by atoms with Gasteiger partial charge in [-0.05, 0) is 5.92 Å². The van der Waals surface area contributed by atoms with Gasteiger partial charge in [-0.3, -0.25) is 0 Å². The average Bonchev–Trinajstić information content (AvgIpc) is 2.50. The third-order valence-electron chi connectivity index (χ3n) is 3.00. The lowest BCUT2D eigenvalue weighted by Crippen LogP contribution is -2.20. The lowest BCUT2D eigenvalue weighted by molar-refractivity contribution is 0.288. The molecule has 0 radical (unpaired) electrons. The van der Waals surface area contributed by atoms with Crippen molar-refractivity contribution < 1.29 is 24.2 Å². The van der Waals surface area contributed by atoms with E-state index in [9.17, 15) is 0 Å². The SMILES string of the molecule is COc1nnc(Oc2c(Cl)cc(OB(O)O)cc2Cl)cc1C(C)C. The molecule has 24 heavy (non-hydrogen) atoms. The minimum Gasteiger partial charge on any atom is -0.512 e. The van der Waals surface area contributed by atoms with Gasteiger partial charge in [0.15, 0.2) is 5.75 Å². The van der Waals surface area contributed by atoms with Crippen LogP contribution >= 0.6 is 23.2 Å². The number of ether oxygens (including phenoxy) is 2. The molecule has 7 nitrogen and oxygen atoms in total. The molecule has 0 amide bonds. The van der Waals surface area contributed by atoms with E-state index < -0.39 is 7.32 Å². The second-order valence-electron chi connectivity index (χ2n) is 5.06. The first-order valence-electron chi connectivity index (χ1n) is 6.93. The molecule has 0 fully saturated rings. The first-order chi connectivity index (χ1) is 11.3. The predicted molar refractivity (Wildman–Crippen MR) is 90.0 cm³/mol. The summed E-state index contributed by atoms with van der Waals surface area (Å²) in [5, 5.41) is 25.7. The average molecular weight is 373 g/mol. The zero-order chi connectivity index (χ0) is 17.9. The number of aromatic nitrogens is 2. The molecule has 10 heteroatoms. The molecule has 2 aromatic rings. The number of hydrogen-bond acceptors (Lipinski definition) is 7. The minimum absolute atomic E-state index is 0.0797. The first-order valence-corrected chi connectivity index (χ1v) is 7.68. The zero-order valence-corrected chi connectivity index (χ0v) is 14.7. The second-order valence-corrected chi connectivity index (χ2v) is 5.88. The van der Waals surface area contributed by atoms with E-state index >= 15 is 0 Å². The summed E-state index contributed by atoms with van der Waals surface area (Å²) in [6.45, 7) is 3.96. The van der Waals surface area contributed by atoms with Crippen LogP contribution in [0.25, 0.3) is 0 Å². The summed E-state index contributed by atoms with van der Waals surface area (Å²) >= 11 is 12.2. The van der Waals surface area contributed by atoms with Gasteiger partial charge in [-0.2, -0.15) is 0 Å². The number of nitrogens with zero attached hydrogens (tertiary/aromatic N) is 2. The minimum atomic E-state index is -1.98. The molecular weight excluding hydrogens is 358 g/mol. The van der Waals surface area contributed by atoms with E-state index in [0.29, 0.717) is 5.88 Å². The highest BCUT2D eigenvalue weighted by molar-refractivity contribution is 6.38. The summed E-state index contributed by atoms with van der Waals surface area (Å²) in [6, 6.07) is 4.36. The van der Waals surface area contributed by atoms with Gasteiger partial charge < -0.3 is 24.2 Å². The summed E-state index contributed by atoms with van der Waals surface area (Å²) in [6.07, 6.45) is 0. The highest BCUT2D eigenvalue weighted by atomic mass is 35.5. The summed E-state index contributed by atoms with van der Waals surface area (Å²) in [5.74, 6) is 0.975. The molecule has 0 saturated heterocycles. The van der Waals surface area contributed by atoms with Gasteiger partial charge in [-0.15, -0.1) is 10.2 Å². The molecule has 1 heterocycles. The van der Waals surface area contributed by atoms with Gasteiger partial charge in [0, 0.05) is 23.8 Å². The molecule has 0 aliphatic heterocycles. The van der Waals surface area contributed by atoms with E-state index in [1.54, 1.807) is 6.07 Å². The number of halogens is 2. The van der Waals surface area contributed by atoms with Crippen LogP contribution in [0.15, 0.2) is 18.2 Å². The van der Waals surface area contributed by atoms with Crippen molar-refractivity contribution in [2.75, 3.05) is 7.11 Å². The maximum absolute atomic E-state index is 8.81. The number of benzene rings is 1. The first kappa shape index (κ1) is 18.6. The van der Waals surface area contributed by atoms with Crippen LogP contribution in [-0.4, -0.2) is 34.7 Å². The molecular formula is C14H15BCl2N2O5. The fourth-order valence-corrected chi connectivity index (χ4v) is 2.47. The van der Waals surface area contributed by atoms with Crippen molar-refractivity contribution in [2.24, 2.45) is 0 Å². The zero-order valence-electron chi connectivity index (χ0n) is 13.2. The van der Waals surface area contributed by atoms with Crippen LogP contribution < -0.4 is 14.1 Å². The van der Waals surface area contributed by atoms with Crippen molar-refractivity contribution in [3.8, 4) is 23.3 Å². The number of rotatable bonds is 6. The molecule has 0 spiro atoms. The van der Waals surface area contributed by atoms with Crippen LogP contribution in [-0.2, 0) is 0 Å². The largest absolute Gasteiger partial charge is 0.707 e. The van der Waals surface area contributed by atoms with Crippen LogP contribution in [0, 0.1) is 0 Å². The van der Waals surface area contributed by atoms with Gasteiger partial charge in [0.05, 0.1) is 17.2 Å². The van der Waals surface area contributed by atoms with Crippen molar-refractivity contribution in [1.29, 1.82) is 0 Å². The molecule has 0 atom stereocenters. The quantitative estimate of drug-likeness (QED) is 0.752. The van der Waals surface area contributed by atoms with E-state index in [0.717, 1.165) is 5.56 Å². The predicted octanol–water partition coefficient (Wildman–Crippen LogP) is 3.06. The van der Waals surface area contributed by atoms with E-state index in [4.69, 9.17) is 47.4 Å². The lowest BCUT2D eigenvalue weighted by Gasteiger charge is -2.14.